The number of anilines is 1. The number of nitrogens with one attached hydrogen (secondary N) is 2. The zero-order valence-electron chi connectivity index (χ0n) is 14.2. The molecule has 2 rings (SSSR count). The van der Waals surface area contributed by atoms with Gasteiger partial charge in [-0.05, 0) is 23.8 Å². The van der Waals surface area contributed by atoms with E-state index in [9.17, 15) is 0 Å². The molecule has 0 aliphatic rings. The largest absolute Gasteiger partial charge is 0.356 e. The predicted molar refractivity (Wildman–Crippen MR) is 102 cm³/mol. The summed E-state index contributed by atoms with van der Waals surface area (Å²) in [5.74, 6) is 1.38. The van der Waals surface area contributed by atoms with E-state index in [4.69, 9.17) is 0 Å². The number of thiophene rings is 1. The minimum atomic E-state index is 0.562. The van der Waals surface area contributed by atoms with E-state index in [0.717, 1.165) is 29.8 Å². The minimum absolute atomic E-state index is 0.562. The van der Waals surface area contributed by atoms with Crippen LogP contribution in [-0.2, 0) is 13.0 Å². The van der Waals surface area contributed by atoms with Crippen molar-refractivity contribution in [1.29, 1.82) is 0 Å². The Hall–Kier alpha value is -1.60. The van der Waals surface area contributed by atoms with Gasteiger partial charge in [0.15, 0.2) is 11.1 Å². The van der Waals surface area contributed by atoms with Crippen LogP contribution in [0.1, 0.15) is 17.5 Å². The van der Waals surface area contributed by atoms with Crippen LogP contribution in [0.15, 0.2) is 27.9 Å². The molecule has 0 spiro atoms. The van der Waals surface area contributed by atoms with Gasteiger partial charge in [-0.1, -0.05) is 13.0 Å². The topological polar surface area (TPSA) is 52.6 Å². The molecule has 23 heavy (non-hydrogen) atoms. The summed E-state index contributed by atoms with van der Waals surface area (Å²) in [5.41, 5.74) is 1.04. The third-order valence-electron chi connectivity index (χ3n) is 3.33. The molecule has 2 aromatic rings. The maximum absolute atomic E-state index is 4.56. The standard InChI is InChI=1S/C16H25N5S2/c1-12(8-14-6-5-7-22-14)9-18-15(17-2)19-10-13-11-23-16(20-13)21(3)4/h5-7,11-12H,8-10H2,1-4H3,(H2,17,18,19). The Balaban J connectivity index is 1.74. The van der Waals surface area contributed by atoms with Gasteiger partial charge in [0, 0.05) is 37.9 Å². The normalized spacial score (nSPS) is 13.0. The van der Waals surface area contributed by atoms with Gasteiger partial charge in [0.1, 0.15) is 0 Å². The Labute approximate surface area is 146 Å². The van der Waals surface area contributed by atoms with Gasteiger partial charge >= 0.3 is 0 Å². The van der Waals surface area contributed by atoms with Crippen molar-refractivity contribution in [3.63, 3.8) is 0 Å². The first-order chi connectivity index (χ1) is 11.1. The van der Waals surface area contributed by atoms with Crippen LogP contribution in [0.3, 0.4) is 0 Å². The van der Waals surface area contributed by atoms with Crippen LogP contribution >= 0.6 is 22.7 Å². The molecular weight excluding hydrogens is 326 g/mol. The van der Waals surface area contributed by atoms with E-state index in [1.54, 1.807) is 18.4 Å². The molecule has 1 atom stereocenters. The average Bonchev–Trinajstić information content (AvgIpc) is 3.18. The van der Waals surface area contributed by atoms with Crippen molar-refractivity contribution in [2.45, 2.75) is 19.9 Å². The number of thiazole rings is 1. The number of hydrogen-bond donors (Lipinski definition) is 2. The Bertz CT molecular complexity index is 604. The van der Waals surface area contributed by atoms with Crippen LogP contribution in [0.4, 0.5) is 5.13 Å². The number of hydrogen-bond acceptors (Lipinski definition) is 5. The van der Waals surface area contributed by atoms with Gasteiger partial charge < -0.3 is 15.5 Å². The van der Waals surface area contributed by atoms with Gasteiger partial charge in [0.05, 0.1) is 12.2 Å². The van der Waals surface area contributed by atoms with Crippen LogP contribution in [0.25, 0.3) is 0 Å². The quantitative estimate of drug-likeness (QED) is 0.595. The third kappa shape index (κ3) is 5.84. The van der Waals surface area contributed by atoms with E-state index in [-0.39, 0.29) is 0 Å². The molecule has 0 saturated heterocycles. The Morgan fingerprint density at radius 3 is 2.78 bits per heavy atom. The second-order valence-corrected chi connectivity index (χ2v) is 7.58. The summed E-state index contributed by atoms with van der Waals surface area (Å²) in [4.78, 5) is 12.3. The summed E-state index contributed by atoms with van der Waals surface area (Å²) in [7, 11) is 5.81. The van der Waals surface area contributed by atoms with E-state index in [1.807, 2.05) is 30.3 Å². The van der Waals surface area contributed by atoms with Crippen molar-refractivity contribution >= 4 is 33.8 Å². The Morgan fingerprint density at radius 2 is 2.17 bits per heavy atom. The number of nitrogens with zero attached hydrogens (tertiary/aromatic N) is 3. The molecule has 5 nitrogen and oxygen atoms in total. The first-order valence-electron chi connectivity index (χ1n) is 7.67. The van der Waals surface area contributed by atoms with Gasteiger partial charge in [0.2, 0.25) is 0 Å². The van der Waals surface area contributed by atoms with Crippen LogP contribution in [0.5, 0.6) is 0 Å². The molecule has 0 radical (unpaired) electrons. The SMILES string of the molecule is CN=C(NCc1csc(N(C)C)n1)NCC(C)Cc1cccs1. The van der Waals surface area contributed by atoms with E-state index >= 15 is 0 Å². The fraction of sp³-hybridized carbons (Fsp3) is 0.500. The molecule has 0 saturated carbocycles. The molecule has 1 unspecified atom stereocenters. The summed E-state index contributed by atoms with van der Waals surface area (Å²) in [6.07, 6.45) is 1.10. The molecule has 7 heteroatoms. The molecule has 2 heterocycles. The van der Waals surface area contributed by atoms with Crippen molar-refractivity contribution in [2.75, 3.05) is 32.6 Å². The highest BCUT2D eigenvalue weighted by Gasteiger charge is 2.07. The van der Waals surface area contributed by atoms with Crippen LogP contribution in [0, 0.1) is 5.92 Å². The second kappa shape index (κ2) is 8.88. The van der Waals surface area contributed by atoms with Crippen LogP contribution in [0.2, 0.25) is 0 Å². The first-order valence-corrected chi connectivity index (χ1v) is 9.43. The molecule has 0 aliphatic heterocycles. The highest BCUT2D eigenvalue weighted by molar-refractivity contribution is 7.13. The summed E-state index contributed by atoms with van der Waals surface area (Å²) in [6, 6.07) is 4.30. The van der Waals surface area contributed by atoms with Crippen LogP contribution < -0.4 is 15.5 Å². The maximum atomic E-state index is 4.56. The molecule has 0 aliphatic carbocycles. The highest BCUT2D eigenvalue weighted by atomic mass is 32.1. The molecule has 2 aromatic heterocycles. The summed E-state index contributed by atoms with van der Waals surface area (Å²) < 4.78 is 0. The fourth-order valence-corrected chi connectivity index (χ4v) is 3.72. The van der Waals surface area contributed by atoms with Gasteiger partial charge in [-0.2, -0.15) is 0 Å². The van der Waals surface area contributed by atoms with E-state index in [1.165, 1.54) is 4.88 Å². The van der Waals surface area contributed by atoms with Gasteiger partial charge in [-0.25, -0.2) is 4.98 Å². The lowest BCUT2D eigenvalue weighted by molar-refractivity contribution is 0.562. The predicted octanol–water partition coefficient (Wildman–Crippen LogP) is 2.81. The van der Waals surface area contributed by atoms with Gasteiger partial charge in [-0.15, -0.1) is 22.7 Å². The second-order valence-electron chi connectivity index (χ2n) is 5.71. The zero-order valence-corrected chi connectivity index (χ0v) is 15.8. The minimum Gasteiger partial charge on any atom is -0.356 e. The first kappa shape index (κ1) is 17.7. The Morgan fingerprint density at radius 1 is 1.35 bits per heavy atom. The van der Waals surface area contributed by atoms with Crippen LogP contribution in [-0.4, -0.2) is 38.6 Å². The van der Waals surface area contributed by atoms with E-state index in [2.05, 4.69) is 50.4 Å². The number of aliphatic imine (C=N–C) groups is 1. The molecular formula is C16H25N5S2. The summed E-state index contributed by atoms with van der Waals surface area (Å²) >= 11 is 3.47. The molecule has 0 fully saturated rings. The highest BCUT2D eigenvalue weighted by Crippen LogP contribution is 2.17. The Kier molecular flexibility index (Phi) is 6.85. The molecule has 0 amide bonds. The van der Waals surface area contributed by atoms with Gasteiger partial charge in [-0.3, -0.25) is 4.99 Å². The number of guanidine groups is 1. The lowest BCUT2D eigenvalue weighted by Crippen LogP contribution is -2.39. The van der Waals surface area contributed by atoms with Crippen molar-refractivity contribution in [2.24, 2.45) is 10.9 Å². The summed E-state index contributed by atoms with van der Waals surface area (Å²) in [5, 5.41) is 11.9. The molecule has 0 bridgehead atoms. The smallest absolute Gasteiger partial charge is 0.191 e. The van der Waals surface area contributed by atoms with Crippen molar-refractivity contribution in [3.05, 3.63) is 33.5 Å². The molecule has 126 valence electrons. The lowest BCUT2D eigenvalue weighted by Gasteiger charge is -2.15. The van der Waals surface area contributed by atoms with Crippen molar-refractivity contribution in [1.82, 2.24) is 15.6 Å². The van der Waals surface area contributed by atoms with Gasteiger partial charge in [0.25, 0.3) is 0 Å². The van der Waals surface area contributed by atoms with Crippen molar-refractivity contribution < 1.29 is 0 Å². The molecule has 2 N–H and O–H groups in total. The van der Waals surface area contributed by atoms with Crippen molar-refractivity contribution in [3.8, 4) is 0 Å². The maximum Gasteiger partial charge on any atom is 0.191 e. The third-order valence-corrected chi connectivity index (χ3v) is 5.29. The van der Waals surface area contributed by atoms with E-state index < -0.39 is 0 Å². The van der Waals surface area contributed by atoms with E-state index in [0.29, 0.717) is 12.5 Å². The number of aromatic nitrogens is 1. The zero-order chi connectivity index (χ0) is 16.7. The summed E-state index contributed by atoms with van der Waals surface area (Å²) in [6.45, 7) is 3.84. The average molecular weight is 352 g/mol. The monoisotopic (exact) mass is 351 g/mol. The number of rotatable bonds is 7. The fourth-order valence-electron chi connectivity index (χ4n) is 2.09. The lowest BCUT2D eigenvalue weighted by atomic mass is 10.1. The molecule has 0 aromatic carbocycles.